The molecule has 0 heterocycles. The smallest absolute Gasteiger partial charge is 0.193 e. The summed E-state index contributed by atoms with van der Waals surface area (Å²) in [5.74, 6) is 2.21. The predicted molar refractivity (Wildman–Crippen MR) is 78.1 cm³/mol. The Morgan fingerprint density at radius 1 is 1.36 bits per heavy atom. The fourth-order valence-electron chi connectivity index (χ4n) is 1.01. The molecule has 14 heavy (non-hydrogen) atoms. The topological polar surface area (TPSA) is 27.6 Å². The van der Waals surface area contributed by atoms with Crippen LogP contribution >= 0.6 is 35.7 Å². The number of aliphatic imine (C=N–C) groups is 1. The fraction of sp³-hybridized carbons (Fsp3) is 0.889. The standard InChI is InChI=1S/C9H21N3S.HI/c1-10-9(12(2)3)11-7-5-6-8-13-4;/h5-8H2,1-4H3,(H,10,11);1H. The molecule has 0 unspecified atom stereocenters. The summed E-state index contributed by atoms with van der Waals surface area (Å²) in [6, 6.07) is 0. The highest BCUT2D eigenvalue weighted by Gasteiger charge is 1.97. The SMILES string of the molecule is CN=C(NCCCCSC)N(C)C.I. The molecule has 86 valence electrons. The molecule has 0 aliphatic carbocycles. The van der Waals surface area contributed by atoms with E-state index in [4.69, 9.17) is 0 Å². The second-order valence-corrected chi connectivity index (χ2v) is 4.05. The van der Waals surface area contributed by atoms with Crippen molar-refractivity contribution in [2.45, 2.75) is 12.8 Å². The molecule has 3 nitrogen and oxygen atoms in total. The molecule has 0 rings (SSSR count). The van der Waals surface area contributed by atoms with E-state index in [-0.39, 0.29) is 24.0 Å². The van der Waals surface area contributed by atoms with E-state index >= 15 is 0 Å². The Morgan fingerprint density at radius 3 is 2.43 bits per heavy atom. The molecular weight excluding hydrogens is 309 g/mol. The molecule has 0 aromatic carbocycles. The highest BCUT2D eigenvalue weighted by molar-refractivity contribution is 14.0. The largest absolute Gasteiger partial charge is 0.356 e. The Kier molecular flexibility index (Phi) is 13.7. The first-order valence-corrected chi connectivity index (χ1v) is 5.98. The lowest BCUT2D eigenvalue weighted by molar-refractivity contribution is 0.577. The summed E-state index contributed by atoms with van der Waals surface area (Å²) in [6.45, 7) is 1.02. The van der Waals surface area contributed by atoms with Gasteiger partial charge in [-0.2, -0.15) is 11.8 Å². The number of unbranched alkanes of at least 4 members (excludes halogenated alkanes) is 1. The van der Waals surface area contributed by atoms with E-state index in [2.05, 4.69) is 16.6 Å². The van der Waals surface area contributed by atoms with Crippen molar-refractivity contribution in [3.05, 3.63) is 0 Å². The van der Waals surface area contributed by atoms with Gasteiger partial charge >= 0.3 is 0 Å². The van der Waals surface area contributed by atoms with Gasteiger partial charge in [0.2, 0.25) is 0 Å². The van der Waals surface area contributed by atoms with Crippen molar-refractivity contribution in [3.8, 4) is 0 Å². The van der Waals surface area contributed by atoms with Gasteiger partial charge in [-0.25, -0.2) is 0 Å². The van der Waals surface area contributed by atoms with E-state index in [0.29, 0.717) is 0 Å². The molecule has 0 aliphatic heterocycles. The van der Waals surface area contributed by atoms with Crippen molar-refractivity contribution >= 4 is 41.7 Å². The number of hydrogen-bond acceptors (Lipinski definition) is 2. The van der Waals surface area contributed by atoms with Gasteiger partial charge in [-0.1, -0.05) is 0 Å². The van der Waals surface area contributed by atoms with Gasteiger partial charge in [-0.15, -0.1) is 24.0 Å². The van der Waals surface area contributed by atoms with Crippen LogP contribution in [0.15, 0.2) is 4.99 Å². The third kappa shape index (κ3) is 8.93. The molecule has 0 saturated heterocycles. The number of guanidine groups is 1. The minimum absolute atomic E-state index is 0. The van der Waals surface area contributed by atoms with Crippen LogP contribution in [0.5, 0.6) is 0 Å². The maximum absolute atomic E-state index is 4.13. The summed E-state index contributed by atoms with van der Waals surface area (Å²) in [6.07, 6.45) is 4.64. The van der Waals surface area contributed by atoms with E-state index in [0.717, 1.165) is 12.5 Å². The third-order valence-electron chi connectivity index (χ3n) is 1.69. The van der Waals surface area contributed by atoms with Crippen LogP contribution in [0.2, 0.25) is 0 Å². The average molecular weight is 331 g/mol. The number of nitrogens with zero attached hydrogens (tertiary/aromatic N) is 2. The summed E-state index contributed by atoms with van der Waals surface area (Å²) in [4.78, 5) is 6.13. The molecule has 0 bridgehead atoms. The second-order valence-electron chi connectivity index (χ2n) is 3.07. The van der Waals surface area contributed by atoms with Crippen LogP contribution in [0.25, 0.3) is 0 Å². The number of rotatable bonds is 5. The van der Waals surface area contributed by atoms with Crippen molar-refractivity contribution < 1.29 is 0 Å². The van der Waals surface area contributed by atoms with E-state index in [1.165, 1.54) is 18.6 Å². The molecule has 0 atom stereocenters. The lowest BCUT2D eigenvalue weighted by atomic mass is 10.3. The second kappa shape index (κ2) is 11.4. The van der Waals surface area contributed by atoms with Crippen LogP contribution < -0.4 is 5.32 Å². The van der Waals surface area contributed by atoms with Gasteiger partial charge in [-0.05, 0) is 24.9 Å². The first-order chi connectivity index (χ1) is 6.22. The molecule has 0 aliphatic rings. The number of hydrogen-bond donors (Lipinski definition) is 1. The zero-order valence-electron chi connectivity index (χ0n) is 9.54. The third-order valence-corrected chi connectivity index (χ3v) is 2.39. The molecule has 0 aromatic rings. The normalized spacial score (nSPS) is 10.7. The van der Waals surface area contributed by atoms with Gasteiger partial charge in [0.1, 0.15) is 0 Å². The van der Waals surface area contributed by atoms with Gasteiger partial charge in [-0.3, -0.25) is 4.99 Å². The molecule has 0 radical (unpaired) electrons. The average Bonchev–Trinajstić information content (AvgIpc) is 2.10. The van der Waals surface area contributed by atoms with Crippen LogP contribution in [-0.4, -0.2) is 50.6 Å². The maximum Gasteiger partial charge on any atom is 0.193 e. The summed E-state index contributed by atoms with van der Waals surface area (Å²) < 4.78 is 0. The van der Waals surface area contributed by atoms with Crippen LogP contribution in [-0.2, 0) is 0 Å². The van der Waals surface area contributed by atoms with Crippen molar-refractivity contribution in [2.75, 3.05) is 39.7 Å². The number of nitrogens with one attached hydrogen (secondary N) is 1. The van der Waals surface area contributed by atoms with E-state index < -0.39 is 0 Å². The quantitative estimate of drug-likeness (QED) is 0.361. The zero-order valence-corrected chi connectivity index (χ0v) is 12.7. The maximum atomic E-state index is 4.13. The van der Waals surface area contributed by atoms with Gasteiger partial charge in [0.25, 0.3) is 0 Å². The lowest BCUT2D eigenvalue weighted by Crippen LogP contribution is -2.36. The zero-order chi connectivity index (χ0) is 10.1. The highest BCUT2D eigenvalue weighted by atomic mass is 127. The fourth-order valence-corrected chi connectivity index (χ4v) is 1.50. The highest BCUT2D eigenvalue weighted by Crippen LogP contribution is 1.97. The first-order valence-electron chi connectivity index (χ1n) is 4.59. The van der Waals surface area contributed by atoms with Gasteiger partial charge in [0.05, 0.1) is 0 Å². The summed E-state index contributed by atoms with van der Waals surface area (Å²) in [5.41, 5.74) is 0. The Morgan fingerprint density at radius 2 is 2.00 bits per heavy atom. The summed E-state index contributed by atoms with van der Waals surface area (Å²) in [5, 5.41) is 3.29. The predicted octanol–water partition coefficient (Wildman–Crippen LogP) is 1.88. The van der Waals surface area contributed by atoms with Crippen LogP contribution in [0.1, 0.15) is 12.8 Å². The number of halogens is 1. The minimum atomic E-state index is 0. The van der Waals surface area contributed by atoms with Crippen LogP contribution in [0.3, 0.4) is 0 Å². The van der Waals surface area contributed by atoms with E-state index in [1.54, 1.807) is 0 Å². The van der Waals surface area contributed by atoms with Crippen molar-refractivity contribution in [2.24, 2.45) is 4.99 Å². The molecular formula is C9H22IN3S. The molecule has 0 aromatic heterocycles. The summed E-state index contributed by atoms with van der Waals surface area (Å²) >= 11 is 1.90. The van der Waals surface area contributed by atoms with Crippen LogP contribution in [0, 0.1) is 0 Å². The van der Waals surface area contributed by atoms with Crippen molar-refractivity contribution in [3.63, 3.8) is 0 Å². The lowest BCUT2D eigenvalue weighted by Gasteiger charge is -2.16. The molecule has 0 saturated carbocycles. The Labute approximate surface area is 109 Å². The van der Waals surface area contributed by atoms with E-state index in [1.807, 2.05) is 37.8 Å². The first kappa shape index (κ1) is 16.8. The van der Waals surface area contributed by atoms with Crippen molar-refractivity contribution in [1.29, 1.82) is 0 Å². The van der Waals surface area contributed by atoms with Crippen LogP contribution in [0.4, 0.5) is 0 Å². The molecule has 1 N–H and O–H groups in total. The summed E-state index contributed by atoms with van der Waals surface area (Å²) in [7, 11) is 5.80. The molecule has 0 amide bonds. The van der Waals surface area contributed by atoms with E-state index in [9.17, 15) is 0 Å². The molecule has 0 spiro atoms. The Bertz CT molecular complexity index is 151. The molecule has 0 fully saturated rings. The monoisotopic (exact) mass is 331 g/mol. The molecule has 5 heteroatoms. The number of thioether (sulfide) groups is 1. The Balaban J connectivity index is 0. The van der Waals surface area contributed by atoms with Crippen molar-refractivity contribution in [1.82, 2.24) is 10.2 Å². The Hall–Kier alpha value is 0.350. The van der Waals surface area contributed by atoms with Gasteiger partial charge < -0.3 is 10.2 Å². The van der Waals surface area contributed by atoms with Gasteiger partial charge in [0.15, 0.2) is 5.96 Å². The minimum Gasteiger partial charge on any atom is -0.356 e. The van der Waals surface area contributed by atoms with Gasteiger partial charge in [0, 0.05) is 27.7 Å².